The van der Waals surface area contributed by atoms with E-state index < -0.39 is 11.9 Å². The predicted molar refractivity (Wildman–Crippen MR) is 119 cm³/mol. The van der Waals surface area contributed by atoms with Gasteiger partial charge in [-0.2, -0.15) is 5.26 Å². The highest BCUT2D eigenvalue weighted by atomic mass is 16.6. The Hall–Kier alpha value is -4.37. The number of amides is 1. The molecule has 0 atom stereocenters. The molecule has 3 rings (SSSR count). The minimum Gasteiger partial charge on any atom is -0.493 e. The number of nitriles is 1. The van der Waals surface area contributed by atoms with Gasteiger partial charge in [-0.05, 0) is 40.6 Å². The summed E-state index contributed by atoms with van der Waals surface area (Å²) in [5.41, 5.74) is 0.922. The average molecular weight is 412 g/mol. The first-order chi connectivity index (χ1) is 15.1. The molecule has 6 nitrogen and oxygen atoms in total. The molecule has 3 aromatic carbocycles. The van der Waals surface area contributed by atoms with Crippen LogP contribution in [0.2, 0.25) is 0 Å². The lowest BCUT2D eigenvalue weighted by Crippen LogP contribution is -2.24. The first-order valence-corrected chi connectivity index (χ1v) is 9.46. The van der Waals surface area contributed by atoms with Crippen molar-refractivity contribution in [3.8, 4) is 17.6 Å². The number of hydrogen-bond donors (Lipinski definition) is 1. The number of rotatable bonds is 7. The van der Waals surface area contributed by atoms with Gasteiger partial charge in [-0.1, -0.05) is 48.5 Å². The Labute approximate surface area is 180 Å². The Bertz CT molecular complexity index is 1220. The molecule has 3 aromatic rings. The van der Waals surface area contributed by atoms with E-state index in [1.54, 1.807) is 30.3 Å². The number of carbonyl (C=O) groups is 2. The van der Waals surface area contributed by atoms with Crippen molar-refractivity contribution in [2.75, 3.05) is 13.7 Å². The van der Waals surface area contributed by atoms with Gasteiger partial charge in [0.1, 0.15) is 11.6 Å². The zero-order valence-electron chi connectivity index (χ0n) is 16.9. The molecule has 0 spiro atoms. The molecule has 0 radical (unpaired) electrons. The third-order valence-electron chi connectivity index (χ3n) is 4.48. The SMILES string of the molecule is C=CCNC(=O)/C(C#N)=C/c1ccc(OC(=O)c2cccc3ccccc23)c(OC)c1. The Morgan fingerprint density at radius 3 is 2.61 bits per heavy atom. The summed E-state index contributed by atoms with van der Waals surface area (Å²) in [6.45, 7) is 3.78. The molecule has 0 saturated carbocycles. The smallest absolute Gasteiger partial charge is 0.344 e. The fraction of sp³-hybridized carbons (Fsp3) is 0.0800. The van der Waals surface area contributed by atoms with Gasteiger partial charge in [0, 0.05) is 6.54 Å². The first-order valence-electron chi connectivity index (χ1n) is 9.46. The molecule has 0 aliphatic heterocycles. The van der Waals surface area contributed by atoms with Gasteiger partial charge in [-0.25, -0.2) is 4.79 Å². The van der Waals surface area contributed by atoms with Crippen LogP contribution < -0.4 is 14.8 Å². The number of nitrogens with zero attached hydrogens (tertiary/aromatic N) is 1. The summed E-state index contributed by atoms with van der Waals surface area (Å²) in [7, 11) is 1.44. The Kier molecular flexibility index (Phi) is 6.82. The molecule has 0 aromatic heterocycles. The molecule has 0 aliphatic rings. The maximum Gasteiger partial charge on any atom is 0.344 e. The normalized spacial score (nSPS) is 10.8. The van der Waals surface area contributed by atoms with Gasteiger partial charge < -0.3 is 14.8 Å². The zero-order valence-corrected chi connectivity index (χ0v) is 16.9. The highest BCUT2D eigenvalue weighted by Gasteiger charge is 2.16. The molecule has 0 bridgehead atoms. The first kappa shape index (κ1) is 21.3. The number of nitrogens with one attached hydrogen (secondary N) is 1. The lowest BCUT2D eigenvalue weighted by molar-refractivity contribution is -0.116. The standard InChI is InChI=1S/C25H20N2O4/c1-3-13-27-24(28)19(16-26)14-17-11-12-22(23(15-17)30-2)31-25(29)21-10-6-8-18-7-4-5-9-20(18)21/h3-12,14-15H,1,13H2,2H3,(H,27,28)/b19-14+. The van der Waals surface area contributed by atoms with Gasteiger partial charge in [0.05, 0.1) is 12.7 Å². The Morgan fingerprint density at radius 1 is 1.10 bits per heavy atom. The van der Waals surface area contributed by atoms with Crippen molar-refractivity contribution in [3.05, 3.63) is 90.0 Å². The monoisotopic (exact) mass is 412 g/mol. The van der Waals surface area contributed by atoms with Crippen LogP contribution in [0.3, 0.4) is 0 Å². The van der Waals surface area contributed by atoms with E-state index in [9.17, 15) is 14.9 Å². The van der Waals surface area contributed by atoms with Crippen molar-refractivity contribution in [3.63, 3.8) is 0 Å². The molecule has 6 heteroatoms. The van der Waals surface area contributed by atoms with Crippen LogP contribution in [0.15, 0.2) is 78.9 Å². The Balaban J connectivity index is 1.87. The van der Waals surface area contributed by atoms with Crippen molar-refractivity contribution >= 4 is 28.7 Å². The lowest BCUT2D eigenvalue weighted by Gasteiger charge is -2.11. The molecule has 154 valence electrons. The maximum atomic E-state index is 12.8. The molecule has 1 N–H and O–H groups in total. The molecule has 1 amide bonds. The van der Waals surface area contributed by atoms with Gasteiger partial charge in [0.25, 0.3) is 5.91 Å². The minimum atomic E-state index is -0.514. The summed E-state index contributed by atoms with van der Waals surface area (Å²) in [6, 6.07) is 19.6. The molecular weight excluding hydrogens is 392 g/mol. The topological polar surface area (TPSA) is 88.4 Å². The van der Waals surface area contributed by atoms with Crippen molar-refractivity contribution in [2.45, 2.75) is 0 Å². The quantitative estimate of drug-likeness (QED) is 0.206. The number of esters is 1. The van der Waals surface area contributed by atoms with E-state index >= 15 is 0 Å². The van der Waals surface area contributed by atoms with Crippen LogP contribution in [0.1, 0.15) is 15.9 Å². The summed E-state index contributed by atoms with van der Waals surface area (Å²) in [5, 5.41) is 13.5. The third-order valence-corrected chi connectivity index (χ3v) is 4.48. The van der Waals surface area contributed by atoms with E-state index in [0.29, 0.717) is 16.9 Å². The van der Waals surface area contributed by atoms with Crippen LogP contribution in [-0.2, 0) is 4.79 Å². The third kappa shape index (κ3) is 4.98. The molecule has 31 heavy (non-hydrogen) atoms. The second-order valence-corrected chi connectivity index (χ2v) is 6.50. The van der Waals surface area contributed by atoms with Gasteiger partial charge >= 0.3 is 5.97 Å². The predicted octanol–water partition coefficient (Wildman–Crippen LogP) is 4.28. The van der Waals surface area contributed by atoms with Crippen molar-refractivity contribution in [2.24, 2.45) is 0 Å². The van der Waals surface area contributed by atoms with E-state index in [4.69, 9.17) is 9.47 Å². The van der Waals surface area contributed by atoms with Gasteiger partial charge in [0.15, 0.2) is 11.5 Å². The number of carbonyl (C=O) groups excluding carboxylic acids is 2. The summed E-state index contributed by atoms with van der Waals surface area (Å²) in [5.74, 6) is -0.494. The van der Waals surface area contributed by atoms with E-state index in [2.05, 4.69) is 11.9 Å². The second-order valence-electron chi connectivity index (χ2n) is 6.50. The van der Waals surface area contributed by atoms with E-state index in [1.807, 2.05) is 36.4 Å². The maximum absolute atomic E-state index is 12.8. The van der Waals surface area contributed by atoms with Crippen LogP contribution in [0.4, 0.5) is 0 Å². The van der Waals surface area contributed by atoms with E-state index in [1.165, 1.54) is 19.3 Å². The summed E-state index contributed by atoms with van der Waals surface area (Å²) < 4.78 is 10.9. The molecule has 0 aliphatic carbocycles. The largest absolute Gasteiger partial charge is 0.493 e. The van der Waals surface area contributed by atoms with Crippen LogP contribution in [0.5, 0.6) is 11.5 Å². The fourth-order valence-corrected chi connectivity index (χ4v) is 2.99. The summed E-state index contributed by atoms with van der Waals surface area (Å²) in [6.07, 6.45) is 2.95. The summed E-state index contributed by atoms with van der Waals surface area (Å²) in [4.78, 5) is 24.8. The lowest BCUT2D eigenvalue weighted by atomic mass is 10.0. The van der Waals surface area contributed by atoms with Crippen LogP contribution in [-0.4, -0.2) is 25.5 Å². The minimum absolute atomic E-state index is 0.0654. The molecule has 0 unspecified atom stereocenters. The fourth-order valence-electron chi connectivity index (χ4n) is 2.99. The number of fused-ring (bicyclic) bond motifs is 1. The number of benzene rings is 3. The van der Waals surface area contributed by atoms with Crippen LogP contribution in [0, 0.1) is 11.3 Å². The van der Waals surface area contributed by atoms with Gasteiger partial charge in [-0.3, -0.25) is 4.79 Å². The van der Waals surface area contributed by atoms with Crippen LogP contribution >= 0.6 is 0 Å². The zero-order chi connectivity index (χ0) is 22.2. The number of methoxy groups -OCH3 is 1. The highest BCUT2D eigenvalue weighted by Crippen LogP contribution is 2.30. The van der Waals surface area contributed by atoms with E-state index in [-0.39, 0.29) is 17.9 Å². The Morgan fingerprint density at radius 2 is 1.87 bits per heavy atom. The molecule has 0 heterocycles. The highest BCUT2D eigenvalue weighted by molar-refractivity contribution is 6.05. The van der Waals surface area contributed by atoms with Crippen LogP contribution in [0.25, 0.3) is 16.8 Å². The molecule has 0 fully saturated rings. The second kappa shape index (κ2) is 9.90. The van der Waals surface area contributed by atoms with E-state index in [0.717, 1.165) is 10.8 Å². The molecule has 0 saturated heterocycles. The average Bonchev–Trinajstić information content (AvgIpc) is 2.81. The summed E-state index contributed by atoms with van der Waals surface area (Å²) >= 11 is 0. The van der Waals surface area contributed by atoms with Gasteiger partial charge in [0.2, 0.25) is 0 Å². The molecular formula is C25H20N2O4. The number of ether oxygens (including phenoxy) is 2. The van der Waals surface area contributed by atoms with Crippen molar-refractivity contribution in [1.29, 1.82) is 5.26 Å². The number of hydrogen-bond acceptors (Lipinski definition) is 5. The van der Waals surface area contributed by atoms with Gasteiger partial charge in [-0.15, -0.1) is 6.58 Å². The van der Waals surface area contributed by atoms with Crippen molar-refractivity contribution < 1.29 is 19.1 Å². The van der Waals surface area contributed by atoms with Crippen molar-refractivity contribution in [1.82, 2.24) is 5.32 Å².